The summed E-state index contributed by atoms with van der Waals surface area (Å²) in [7, 11) is 0. The molecule has 0 fully saturated rings. The molecule has 0 amide bonds. The molecular formula is C12H13ClOS. The Labute approximate surface area is 98.7 Å². The fourth-order valence-electron chi connectivity index (χ4n) is 1.61. The second-order valence-electron chi connectivity index (χ2n) is 3.46. The first-order chi connectivity index (χ1) is 7.22. The standard InChI is InChI=1S/C12H13ClOS/c1-3-10-9(6-7-14-10)12(13)11-5-4-8(2)15-11/h4-7,12H,3H2,1-2H3. The highest BCUT2D eigenvalue weighted by molar-refractivity contribution is 7.12. The van der Waals surface area contributed by atoms with Crippen molar-refractivity contribution in [2.45, 2.75) is 25.6 Å². The average Bonchev–Trinajstić information content (AvgIpc) is 2.84. The monoisotopic (exact) mass is 240 g/mol. The highest BCUT2D eigenvalue weighted by Gasteiger charge is 2.17. The minimum absolute atomic E-state index is 0.0719. The zero-order chi connectivity index (χ0) is 10.8. The van der Waals surface area contributed by atoms with Crippen LogP contribution in [0.1, 0.15) is 33.4 Å². The van der Waals surface area contributed by atoms with Crippen LogP contribution in [0, 0.1) is 6.92 Å². The van der Waals surface area contributed by atoms with E-state index in [1.165, 1.54) is 9.75 Å². The number of furan rings is 1. The molecule has 15 heavy (non-hydrogen) atoms. The summed E-state index contributed by atoms with van der Waals surface area (Å²) in [6.45, 7) is 4.17. The molecule has 0 spiro atoms. The number of thiophene rings is 1. The van der Waals surface area contributed by atoms with Crippen molar-refractivity contribution in [1.29, 1.82) is 0 Å². The molecule has 0 aliphatic carbocycles. The van der Waals surface area contributed by atoms with Crippen LogP contribution in [-0.4, -0.2) is 0 Å². The minimum atomic E-state index is -0.0719. The molecule has 0 N–H and O–H groups in total. The third-order valence-corrected chi connectivity index (χ3v) is 4.05. The summed E-state index contributed by atoms with van der Waals surface area (Å²) in [6.07, 6.45) is 2.60. The summed E-state index contributed by atoms with van der Waals surface area (Å²) < 4.78 is 5.38. The highest BCUT2D eigenvalue weighted by Crippen LogP contribution is 2.35. The van der Waals surface area contributed by atoms with Gasteiger partial charge in [-0.2, -0.15) is 0 Å². The second-order valence-corrected chi connectivity index (χ2v) is 5.22. The zero-order valence-electron chi connectivity index (χ0n) is 8.79. The molecular weight excluding hydrogens is 228 g/mol. The van der Waals surface area contributed by atoms with E-state index in [0.717, 1.165) is 17.7 Å². The molecule has 0 aliphatic rings. The van der Waals surface area contributed by atoms with Gasteiger partial charge in [-0.1, -0.05) is 6.92 Å². The van der Waals surface area contributed by atoms with E-state index in [4.69, 9.17) is 16.0 Å². The lowest BCUT2D eigenvalue weighted by Gasteiger charge is -2.06. The summed E-state index contributed by atoms with van der Waals surface area (Å²) in [5.41, 5.74) is 1.10. The van der Waals surface area contributed by atoms with Crippen LogP contribution >= 0.6 is 22.9 Å². The third kappa shape index (κ3) is 2.11. The Balaban J connectivity index is 2.31. The molecule has 0 aliphatic heterocycles. The topological polar surface area (TPSA) is 13.1 Å². The number of aryl methyl sites for hydroxylation is 2. The lowest BCUT2D eigenvalue weighted by molar-refractivity contribution is 0.512. The Morgan fingerprint density at radius 3 is 2.80 bits per heavy atom. The van der Waals surface area contributed by atoms with Crippen LogP contribution in [0.2, 0.25) is 0 Å². The highest BCUT2D eigenvalue weighted by atomic mass is 35.5. The van der Waals surface area contributed by atoms with Crippen molar-refractivity contribution in [3.05, 3.63) is 45.5 Å². The Morgan fingerprint density at radius 2 is 2.20 bits per heavy atom. The van der Waals surface area contributed by atoms with Crippen LogP contribution in [0.3, 0.4) is 0 Å². The molecule has 1 unspecified atom stereocenters. The van der Waals surface area contributed by atoms with E-state index in [1.54, 1.807) is 17.6 Å². The van der Waals surface area contributed by atoms with Gasteiger partial charge in [0.1, 0.15) is 5.76 Å². The van der Waals surface area contributed by atoms with Gasteiger partial charge in [0.15, 0.2) is 0 Å². The molecule has 1 nitrogen and oxygen atoms in total. The summed E-state index contributed by atoms with van der Waals surface area (Å²) in [4.78, 5) is 2.47. The van der Waals surface area contributed by atoms with Crippen LogP contribution in [0.5, 0.6) is 0 Å². The predicted molar refractivity (Wildman–Crippen MR) is 64.8 cm³/mol. The molecule has 2 aromatic heterocycles. The second kappa shape index (κ2) is 4.42. The Kier molecular flexibility index (Phi) is 3.17. The van der Waals surface area contributed by atoms with Gasteiger partial charge in [0.2, 0.25) is 0 Å². The van der Waals surface area contributed by atoms with E-state index in [0.29, 0.717) is 0 Å². The maximum absolute atomic E-state index is 6.42. The van der Waals surface area contributed by atoms with Crippen molar-refractivity contribution in [3.8, 4) is 0 Å². The largest absolute Gasteiger partial charge is 0.469 e. The van der Waals surface area contributed by atoms with Gasteiger partial charge in [0, 0.05) is 21.7 Å². The molecule has 2 rings (SSSR count). The van der Waals surface area contributed by atoms with Gasteiger partial charge in [-0.3, -0.25) is 0 Å². The van der Waals surface area contributed by atoms with Crippen molar-refractivity contribution in [3.63, 3.8) is 0 Å². The lowest BCUT2D eigenvalue weighted by Crippen LogP contribution is -1.92. The molecule has 0 radical (unpaired) electrons. The summed E-state index contributed by atoms with van der Waals surface area (Å²) >= 11 is 8.16. The van der Waals surface area contributed by atoms with Crippen molar-refractivity contribution >= 4 is 22.9 Å². The minimum Gasteiger partial charge on any atom is -0.469 e. The van der Waals surface area contributed by atoms with E-state index in [9.17, 15) is 0 Å². The Bertz CT molecular complexity index is 444. The van der Waals surface area contributed by atoms with Gasteiger partial charge in [0.05, 0.1) is 11.6 Å². The van der Waals surface area contributed by atoms with Gasteiger partial charge >= 0.3 is 0 Å². The molecule has 2 aromatic rings. The predicted octanol–water partition coefficient (Wildman–Crippen LogP) is 4.54. The van der Waals surface area contributed by atoms with Gasteiger partial charge in [-0.15, -0.1) is 22.9 Å². The van der Waals surface area contributed by atoms with Gasteiger partial charge in [-0.05, 0) is 25.1 Å². The fraction of sp³-hybridized carbons (Fsp3) is 0.333. The first-order valence-corrected chi connectivity index (χ1v) is 6.24. The first-order valence-electron chi connectivity index (χ1n) is 4.99. The van der Waals surface area contributed by atoms with E-state index in [1.807, 2.05) is 6.07 Å². The van der Waals surface area contributed by atoms with E-state index < -0.39 is 0 Å². The van der Waals surface area contributed by atoms with Crippen molar-refractivity contribution < 1.29 is 4.42 Å². The van der Waals surface area contributed by atoms with Crippen LogP contribution in [0.4, 0.5) is 0 Å². The maximum Gasteiger partial charge on any atom is 0.108 e. The molecule has 0 bridgehead atoms. The number of hydrogen-bond donors (Lipinski definition) is 0. The number of rotatable bonds is 3. The molecule has 3 heteroatoms. The smallest absolute Gasteiger partial charge is 0.108 e. The van der Waals surface area contributed by atoms with Crippen molar-refractivity contribution in [2.75, 3.05) is 0 Å². The Morgan fingerprint density at radius 1 is 1.40 bits per heavy atom. The maximum atomic E-state index is 6.42. The van der Waals surface area contributed by atoms with Crippen LogP contribution in [0.15, 0.2) is 28.9 Å². The van der Waals surface area contributed by atoms with Gasteiger partial charge < -0.3 is 4.42 Å². The number of hydrogen-bond acceptors (Lipinski definition) is 2. The van der Waals surface area contributed by atoms with E-state index in [2.05, 4.69) is 26.0 Å². The molecule has 0 saturated heterocycles. The quantitative estimate of drug-likeness (QED) is 0.718. The van der Waals surface area contributed by atoms with Crippen LogP contribution < -0.4 is 0 Å². The van der Waals surface area contributed by atoms with Gasteiger partial charge in [-0.25, -0.2) is 0 Å². The van der Waals surface area contributed by atoms with E-state index >= 15 is 0 Å². The number of halogens is 1. The van der Waals surface area contributed by atoms with Crippen LogP contribution in [-0.2, 0) is 6.42 Å². The molecule has 1 atom stereocenters. The van der Waals surface area contributed by atoms with Crippen molar-refractivity contribution in [1.82, 2.24) is 0 Å². The lowest BCUT2D eigenvalue weighted by atomic mass is 10.1. The summed E-state index contributed by atoms with van der Waals surface area (Å²) in [6, 6.07) is 6.15. The summed E-state index contributed by atoms with van der Waals surface area (Å²) in [5, 5.41) is -0.0719. The first kappa shape index (κ1) is 10.8. The van der Waals surface area contributed by atoms with Crippen LogP contribution in [0.25, 0.3) is 0 Å². The Hall–Kier alpha value is -0.730. The average molecular weight is 241 g/mol. The van der Waals surface area contributed by atoms with E-state index in [-0.39, 0.29) is 5.38 Å². The van der Waals surface area contributed by atoms with Crippen molar-refractivity contribution in [2.24, 2.45) is 0 Å². The zero-order valence-corrected chi connectivity index (χ0v) is 10.4. The number of alkyl halides is 1. The molecule has 80 valence electrons. The normalized spacial score (nSPS) is 13.0. The molecule has 0 saturated carbocycles. The summed E-state index contributed by atoms with van der Waals surface area (Å²) in [5.74, 6) is 0.987. The fourth-order valence-corrected chi connectivity index (χ4v) is 2.88. The SMILES string of the molecule is CCc1occc1C(Cl)c1ccc(C)s1. The molecule has 2 heterocycles. The molecule has 0 aromatic carbocycles. The van der Waals surface area contributed by atoms with Gasteiger partial charge in [0.25, 0.3) is 0 Å². The third-order valence-electron chi connectivity index (χ3n) is 2.38.